The van der Waals surface area contributed by atoms with E-state index in [1.54, 1.807) is 0 Å². The summed E-state index contributed by atoms with van der Waals surface area (Å²) in [6, 6.07) is 0. The standard InChI is InChI=1S/Na.H3O4P.Zr.H/c;1-5(2,3)4;;/h;(H3,1,2,3,4);;/q+1;;;-1. The van der Waals surface area contributed by atoms with E-state index >= 15 is 0 Å². The molecule has 38 valence electrons. The van der Waals surface area contributed by atoms with Crippen LogP contribution >= 0.6 is 7.82 Å². The van der Waals surface area contributed by atoms with E-state index in [1.165, 1.54) is 0 Å². The van der Waals surface area contributed by atoms with Crippen LogP contribution in [0.2, 0.25) is 0 Å². The van der Waals surface area contributed by atoms with Crippen LogP contribution in [0.25, 0.3) is 0 Å². The van der Waals surface area contributed by atoms with Crippen molar-refractivity contribution in [2.24, 2.45) is 0 Å². The van der Waals surface area contributed by atoms with Crippen LogP contribution in [0.5, 0.6) is 0 Å². The van der Waals surface area contributed by atoms with Crippen molar-refractivity contribution >= 4 is 7.82 Å². The molecular formula is H4NaO4PZr. The van der Waals surface area contributed by atoms with Crippen LogP contribution in [0.1, 0.15) is 1.43 Å². The van der Waals surface area contributed by atoms with E-state index < -0.39 is 7.82 Å². The van der Waals surface area contributed by atoms with E-state index in [0.29, 0.717) is 0 Å². The molecule has 0 radical (unpaired) electrons. The van der Waals surface area contributed by atoms with Gasteiger partial charge >= 0.3 is 37.4 Å². The van der Waals surface area contributed by atoms with Gasteiger partial charge in [-0.2, -0.15) is 0 Å². The van der Waals surface area contributed by atoms with Crippen LogP contribution in [0, 0.1) is 0 Å². The van der Waals surface area contributed by atoms with Crippen molar-refractivity contribution in [3.63, 3.8) is 0 Å². The predicted octanol–water partition coefficient (Wildman–Crippen LogP) is -3.81. The summed E-state index contributed by atoms with van der Waals surface area (Å²) in [5.74, 6) is 0. The van der Waals surface area contributed by atoms with E-state index in [-0.39, 0.29) is 57.2 Å². The summed E-state index contributed by atoms with van der Waals surface area (Å²) in [5, 5.41) is 0. The van der Waals surface area contributed by atoms with Gasteiger partial charge in [-0.25, -0.2) is 4.57 Å². The molecule has 7 heavy (non-hydrogen) atoms. The fraction of sp³-hybridized carbons (Fsp3) is 0. The zero-order chi connectivity index (χ0) is 4.50. The molecule has 0 saturated carbocycles. The van der Waals surface area contributed by atoms with Crippen molar-refractivity contribution in [1.82, 2.24) is 0 Å². The summed E-state index contributed by atoms with van der Waals surface area (Å²) < 4.78 is 8.88. The Kier molecular flexibility index (Phi) is 14.0. The molecule has 3 N–H and O–H groups in total. The summed E-state index contributed by atoms with van der Waals surface area (Å²) in [5.41, 5.74) is 0. The molecule has 0 rings (SSSR count). The maximum Gasteiger partial charge on any atom is 1.00 e. The van der Waals surface area contributed by atoms with E-state index in [2.05, 4.69) is 0 Å². The topological polar surface area (TPSA) is 77.8 Å². The monoisotopic (exact) mass is 212 g/mol. The first-order valence-electron chi connectivity index (χ1n) is 0.783. The summed E-state index contributed by atoms with van der Waals surface area (Å²) in [6.07, 6.45) is 0. The quantitative estimate of drug-likeness (QED) is 0.285. The van der Waals surface area contributed by atoms with Crippen molar-refractivity contribution in [2.75, 3.05) is 0 Å². The third kappa shape index (κ3) is 72.3. The van der Waals surface area contributed by atoms with Crippen LogP contribution in [0.4, 0.5) is 0 Å². The first kappa shape index (κ1) is 16.0. The molecule has 0 amide bonds. The molecule has 0 bridgehead atoms. The smallest absolute Gasteiger partial charge is 1.00 e. The Morgan fingerprint density at radius 3 is 1.29 bits per heavy atom. The fourth-order valence-electron chi connectivity index (χ4n) is 0. The molecule has 7 heteroatoms. The molecule has 0 saturated heterocycles. The van der Waals surface area contributed by atoms with Crippen molar-refractivity contribution in [3.8, 4) is 0 Å². The number of hydrogen-bond donors (Lipinski definition) is 3. The zero-order valence-electron chi connectivity index (χ0n) is 4.70. The molecule has 0 aliphatic rings. The van der Waals surface area contributed by atoms with E-state index in [1.807, 2.05) is 0 Å². The number of phosphoric acid groups is 1. The Bertz CT molecular complexity index is 62.2. The SMILES string of the molecule is O=P(O)(O)O.[H-].[Na+].[Zr]. The van der Waals surface area contributed by atoms with Crippen LogP contribution < -0.4 is 29.6 Å². The Morgan fingerprint density at radius 2 is 1.29 bits per heavy atom. The van der Waals surface area contributed by atoms with Gasteiger partial charge in [0.05, 0.1) is 0 Å². The van der Waals surface area contributed by atoms with Gasteiger partial charge in [0, 0.05) is 26.2 Å². The molecule has 0 atom stereocenters. The van der Waals surface area contributed by atoms with Crippen LogP contribution in [-0.4, -0.2) is 14.7 Å². The molecule has 0 aliphatic heterocycles. The predicted molar refractivity (Wildman–Crippen MR) is 15.4 cm³/mol. The van der Waals surface area contributed by atoms with Gasteiger partial charge in [-0.1, -0.05) is 0 Å². The molecule has 0 spiro atoms. The molecule has 0 aromatic carbocycles. The largest absolute Gasteiger partial charge is 1.00 e. The molecule has 0 aromatic heterocycles. The van der Waals surface area contributed by atoms with Gasteiger partial charge in [-0.05, 0) is 0 Å². The minimum absolute atomic E-state index is 0. The molecule has 0 aliphatic carbocycles. The van der Waals surface area contributed by atoms with Gasteiger partial charge in [0.15, 0.2) is 0 Å². The van der Waals surface area contributed by atoms with Crippen LogP contribution in [0.3, 0.4) is 0 Å². The van der Waals surface area contributed by atoms with Gasteiger partial charge in [-0.3, -0.25) is 0 Å². The van der Waals surface area contributed by atoms with Crippen LogP contribution in [0.15, 0.2) is 0 Å². The van der Waals surface area contributed by atoms with Gasteiger partial charge in [-0.15, -0.1) is 0 Å². The van der Waals surface area contributed by atoms with Gasteiger partial charge in [0.1, 0.15) is 0 Å². The maximum atomic E-state index is 8.88. The fourth-order valence-corrected chi connectivity index (χ4v) is 0. The normalized spacial score (nSPS) is 8.43. The van der Waals surface area contributed by atoms with E-state index in [9.17, 15) is 0 Å². The second-order valence-electron chi connectivity index (χ2n) is 0.513. The van der Waals surface area contributed by atoms with Crippen molar-refractivity contribution in [1.29, 1.82) is 0 Å². The van der Waals surface area contributed by atoms with Crippen molar-refractivity contribution < 1.29 is 76.4 Å². The average molecular weight is 213 g/mol. The first-order valence-corrected chi connectivity index (χ1v) is 2.35. The molecule has 0 heterocycles. The zero-order valence-corrected chi connectivity index (χ0v) is 9.05. The molecule has 0 aromatic rings. The third-order valence-corrected chi connectivity index (χ3v) is 0. The minimum atomic E-state index is -4.64. The molecule has 0 fully saturated rings. The van der Waals surface area contributed by atoms with Crippen molar-refractivity contribution in [3.05, 3.63) is 0 Å². The Balaban J connectivity index is -0.0000000267. The van der Waals surface area contributed by atoms with E-state index in [4.69, 9.17) is 19.2 Å². The maximum absolute atomic E-state index is 8.88. The van der Waals surface area contributed by atoms with Gasteiger partial charge in [0.2, 0.25) is 0 Å². The third-order valence-electron chi connectivity index (χ3n) is 0. The molecular weight excluding hydrogens is 209 g/mol. The summed E-state index contributed by atoms with van der Waals surface area (Å²) in [6.45, 7) is 0. The van der Waals surface area contributed by atoms with E-state index in [0.717, 1.165) is 0 Å². The summed E-state index contributed by atoms with van der Waals surface area (Å²) in [4.78, 5) is 21.6. The summed E-state index contributed by atoms with van der Waals surface area (Å²) >= 11 is 0. The van der Waals surface area contributed by atoms with Gasteiger partial charge in [0.25, 0.3) is 0 Å². The molecule has 0 unspecified atom stereocenters. The second kappa shape index (κ2) is 6.12. The first-order chi connectivity index (χ1) is 2.00. The van der Waals surface area contributed by atoms with Crippen molar-refractivity contribution in [2.45, 2.75) is 0 Å². The molecule has 4 nitrogen and oxygen atoms in total. The second-order valence-corrected chi connectivity index (χ2v) is 1.54. The Hall–Kier alpha value is 1.99. The van der Waals surface area contributed by atoms with Crippen LogP contribution in [-0.2, 0) is 30.8 Å². The Morgan fingerprint density at radius 1 is 1.29 bits per heavy atom. The Labute approximate surface area is 83.5 Å². The number of rotatable bonds is 0. The average Bonchev–Trinajstić information content (AvgIpc) is 0.722. The summed E-state index contributed by atoms with van der Waals surface area (Å²) in [7, 11) is -4.64. The van der Waals surface area contributed by atoms with Gasteiger partial charge < -0.3 is 16.1 Å². The minimum Gasteiger partial charge on any atom is -1.00 e. The number of hydrogen-bond acceptors (Lipinski definition) is 1.